The van der Waals surface area contributed by atoms with Crippen molar-refractivity contribution in [1.82, 2.24) is 4.90 Å². The molecule has 1 spiro atoms. The number of benzene rings is 1. The maximum absolute atomic E-state index is 14.5. The van der Waals surface area contributed by atoms with Crippen LogP contribution in [0.1, 0.15) is 33.6 Å². The van der Waals surface area contributed by atoms with E-state index in [1.54, 1.807) is 11.0 Å². The highest BCUT2D eigenvalue weighted by molar-refractivity contribution is 9.09. The summed E-state index contributed by atoms with van der Waals surface area (Å²) in [6.45, 7) is 11.6. The quantitative estimate of drug-likeness (QED) is 0.299. The molecule has 8 nitrogen and oxygen atoms in total. The van der Waals surface area contributed by atoms with Crippen LogP contribution in [0.4, 0.5) is 11.4 Å². The molecule has 202 valence electrons. The zero-order valence-electron chi connectivity index (χ0n) is 21.5. The van der Waals surface area contributed by atoms with Crippen molar-refractivity contribution in [2.45, 2.75) is 60.5 Å². The lowest BCUT2D eigenvalue weighted by molar-refractivity contribution is -0.149. The predicted octanol–water partition coefficient (Wildman–Crippen LogP) is 3.37. The number of carboxylic acid groups (broad SMARTS) is 1. The standard InChI is InChI=1S/C27H36BrN3O5S/c1-5-13-30(18-11-9-17(10-12-18)29(7-3)8-4)25(34)23-27-14-19(28)22(37-27)20(26(35)36)21(27)24(33)31(23)16(6-2)15-32/h5,9-12,16,19-23,32H,1,6-8,13-15H2,2-4H3,(H,35,36)/t16-,19?,20+,21-,22+,23?,27?/m0/s1. The third kappa shape index (κ3) is 4.38. The molecular formula is C27H36BrN3O5S. The largest absolute Gasteiger partial charge is 0.481 e. The lowest BCUT2D eigenvalue weighted by Gasteiger charge is -2.39. The molecule has 4 rings (SSSR count). The lowest BCUT2D eigenvalue weighted by Crippen LogP contribution is -2.58. The second-order valence-corrected chi connectivity index (χ2v) is 12.6. The van der Waals surface area contributed by atoms with Gasteiger partial charge in [-0.3, -0.25) is 14.4 Å². The number of aliphatic hydroxyl groups is 1. The molecule has 2 amide bonds. The SMILES string of the molecule is C=CCN(C(=O)C1N([C@@H](CC)CO)C(=O)[C@@H]2[C@@H](C(=O)O)[C@@H]3SC12CC3Br)c1ccc(N(CC)CC)cc1. The van der Waals surface area contributed by atoms with Gasteiger partial charge in [-0.05, 0) is 51.0 Å². The number of likely N-dealkylation sites (tertiary alicyclic amines) is 1. The topological polar surface area (TPSA) is 101 Å². The Hall–Kier alpha value is -2.04. The molecule has 3 saturated heterocycles. The van der Waals surface area contributed by atoms with Gasteiger partial charge in [0.25, 0.3) is 5.91 Å². The molecule has 2 N–H and O–H groups in total. The van der Waals surface area contributed by atoms with Crippen molar-refractivity contribution < 1.29 is 24.6 Å². The Morgan fingerprint density at radius 2 is 1.86 bits per heavy atom. The smallest absolute Gasteiger partial charge is 0.308 e. The number of anilines is 2. The third-order valence-electron chi connectivity index (χ3n) is 8.19. The van der Waals surface area contributed by atoms with Gasteiger partial charge in [0.1, 0.15) is 6.04 Å². The molecule has 0 aromatic heterocycles. The third-order valence-corrected chi connectivity index (χ3v) is 11.4. The van der Waals surface area contributed by atoms with Crippen molar-refractivity contribution in [3.63, 3.8) is 0 Å². The van der Waals surface area contributed by atoms with Crippen LogP contribution in [0, 0.1) is 11.8 Å². The molecule has 0 saturated carbocycles. The molecule has 7 atom stereocenters. The van der Waals surface area contributed by atoms with Crippen LogP contribution in [0.3, 0.4) is 0 Å². The summed E-state index contributed by atoms with van der Waals surface area (Å²) in [5, 5.41) is 20.0. The predicted molar refractivity (Wildman–Crippen MR) is 150 cm³/mol. The monoisotopic (exact) mass is 593 g/mol. The Balaban J connectivity index is 1.79. The van der Waals surface area contributed by atoms with Gasteiger partial charge in [0.2, 0.25) is 5.91 Å². The van der Waals surface area contributed by atoms with Crippen LogP contribution in [0.15, 0.2) is 36.9 Å². The Morgan fingerprint density at radius 3 is 2.38 bits per heavy atom. The number of aliphatic hydroxyl groups excluding tert-OH is 1. The second kappa shape index (κ2) is 11.0. The van der Waals surface area contributed by atoms with Crippen LogP contribution in [0.2, 0.25) is 0 Å². The van der Waals surface area contributed by atoms with Crippen LogP contribution < -0.4 is 9.80 Å². The minimum Gasteiger partial charge on any atom is -0.481 e. The first-order chi connectivity index (χ1) is 17.7. The van der Waals surface area contributed by atoms with Gasteiger partial charge in [-0.1, -0.05) is 28.9 Å². The molecule has 2 bridgehead atoms. The summed E-state index contributed by atoms with van der Waals surface area (Å²) in [4.78, 5) is 46.0. The molecule has 1 aromatic rings. The molecule has 1 aromatic carbocycles. The molecule has 3 aliphatic heterocycles. The van der Waals surface area contributed by atoms with Crippen molar-refractivity contribution in [2.75, 3.05) is 36.0 Å². The van der Waals surface area contributed by atoms with E-state index in [1.165, 1.54) is 16.7 Å². The summed E-state index contributed by atoms with van der Waals surface area (Å²) in [6.07, 6.45) is 2.63. The number of rotatable bonds is 11. The average molecular weight is 595 g/mol. The van der Waals surface area contributed by atoms with Crippen LogP contribution >= 0.6 is 27.7 Å². The maximum Gasteiger partial charge on any atom is 0.308 e. The first-order valence-electron chi connectivity index (χ1n) is 13.0. The molecule has 10 heteroatoms. The van der Waals surface area contributed by atoms with E-state index in [2.05, 4.69) is 41.3 Å². The maximum atomic E-state index is 14.5. The number of alkyl halides is 1. The number of carbonyl (C=O) groups is 3. The fraction of sp³-hybridized carbons (Fsp3) is 0.593. The Bertz CT molecular complexity index is 1050. The van der Waals surface area contributed by atoms with Gasteiger partial charge in [-0.15, -0.1) is 18.3 Å². The summed E-state index contributed by atoms with van der Waals surface area (Å²) >= 11 is 5.13. The van der Waals surface area contributed by atoms with Gasteiger partial charge < -0.3 is 24.9 Å². The van der Waals surface area contributed by atoms with E-state index in [0.717, 1.165) is 18.8 Å². The number of carbonyl (C=O) groups excluding carboxylic acids is 2. The highest BCUT2D eigenvalue weighted by atomic mass is 79.9. The number of halogens is 1. The number of fused-ring (bicyclic) bond motifs is 1. The second-order valence-electron chi connectivity index (χ2n) is 9.92. The number of thioether (sulfide) groups is 1. The number of nitrogens with zero attached hydrogens (tertiary/aromatic N) is 3. The van der Waals surface area contributed by atoms with Crippen LogP contribution in [0.25, 0.3) is 0 Å². The van der Waals surface area contributed by atoms with Crippen molar-refractivity contribution in [1.29, 1.82) is 0 Å². The van der Waals surface area contributed by atoms with E-state index in [-0.39, 0.29) is 35.0 Å². The van der Waals surface area contributed by atoms with Crippen molar-refractivity contribution in [2.24, 2.45) is 11.8 Å². The van der Waals surface area contributed by atoms with Crippen molar-refractivity contribution >= 4 is 56.9 Å². The molecule has 3 unspecified atom stereocenters. The zero-order chi connectivity index (χ0) is 27.1. The minimum atomic E-state index is -1.01. The molecule has 3 fully saturated rings. The number of hydrogen-bond donors (Lipinski definition) is 2. The molecule has 0 radical (unpaired) electrons. The normalized spacial score (nSPS) is 30.8. The van der Waals surface area contributed by atoms with Gasteiger partial charge in [0.05, 0.1) is 29.2 Å². The minimum absolute atomic E-state index is 0.117. The van der Waals surface area contributed by atoms with Gasteiger partial charge in [-0.2, -0.15) is 0 Å². The van der Waals surface area contributed by atoms with Crippen molar-refractivity contribution in [3.05, 3.63) is 36.9 Å². The molecule has 3 heterocycles. The summed E-state index contributed by atoms with van der Waals surface area (Å²) in [6, 6.07) is 6.32. The lowest BCUT2D eigenvalue weighted by atomic mass is 9.71. The van der Waals surface area contributed by atoms with Crippen LogP contribution in [-0.2, 0) is 14.4 Å². The summed E-state index contributed by atoms with van der Waals surface area (Å²) in [7, 11) is 0. The van der Waals surface area contributed by atoms with Crippen LogP contribution in [-0.4, -0.2) is 86.0 Å². The molecule has 0 aliphatic carbocycles. The van der Waals surface area contributed by atoms with Gasteiger partial charge in [0, 0.05) is 41.1 Å². The highest BCUT2D eigenvalue weighted by Crippen LogP contribution is 2.68. The Labute approximate surface area is 231 Å². The average Bonchev–Trinajstić information content (AvgIpc) is 3.48. The summed E-state index contributed by atoms with van der Waals surface area (Å²) < 4.78 is -0.876. The van der Waals surface area contributed by atoms with Crippen molar-refractivity contribution in [3.8, 4) is 0 Å². The number of aliphatic carboxylic acids is 1. The van der Waals surface area contributed by atoms with E-state index in [0.29, 0.717) is 18.5 Å². The van der Waals surface area contributed by atoms with E-state index < -0.39 is 34.6 Å². The zero-order valence-corrected chi connectivity index (χ0v) is 24.0. The van der Waals surface area contributed by atoms with Crippen LogP contribution in [0.5, 0.6) is 0 Å². The van der Waals surface area contributed by atoms with E-state index >= 15 is 0 Å². The number of amides is 2. The number of hydrogen-bond acceptors (Lipinski definition) is 6. The van der Waals surface area contributed by atoms with E-state index in [1.807, 2.05) is 31.2 Å². The van der Waals surface area contributed by atoms with E-state index in [4.69, 9.17) is 0 Å². The number of carboxylic acids is 1. The van der Waals surface area contributed by atoms with Gasteiger partial charge in [0.15, 0.2) is 0 Å². The first kappa shape index (κ1) is 28.0. The first-order valence-corrected chi connectivity index (χ1v) is 14.7. The summed E-state index contributed by atoms with van der Waals surface area (Å²) in [5.41, 5.74) is 1.74. The molecular weight excluding hydrogens is 558 g/mol. The Morgan fingerprint density at radius 1 is 1.24 bits per heavy atom. The highest BCUT2D eigenvalue weighted by Gasteiger charge is 2.76. The van der Waals surface area contributed by atoms with Gasteiger partial charge >= 0.3 is 5.97 Å². The fourth-order valence-electron chi connectivity index (χ4n) is 6.47. The molecule has 3 aliphatic rings. The fourth-order valence-corrected chi connectivity index (χ4v) is 10.1. The molecule has 37 heavy (non-hydrogen) atoms. The summed E-state index contributed by atoms with van der Waals surface area (Å²) in [5.74, 6) is -3.30. The van der Waals surface area contributed by atoms with Gasteiger partial charge in [-0.25, -0.2) is 0 Å². The van der Waals surface area contributed by atoms with E-state index in [9.17, 15) is 24.6 Å². The Kier molecular flexibility index (Phi) is 8.30.